The van der Waals surface area contributed by atoms with Crippen LogP contribution in [-0.4, -0.2) is 24.9 Å². The molecule has 0 saturated heterocycles. The van der Waals surface area contributed by atoms with Crippen LogP contribution >= 0.6 is 30.4 Å². The van der Waals surface area contributed by atoms with Crippen molar-refractivity contribution in [3.05, 3.63) is 0 Å². The van der Waals surface area contributed by atoms with Gasteiger partial charge in [0.1, 0.15) is 0 Å². The quantitative estimate of drug-likeness (QED) is 0.548. The second-order valence-electron chi connectivity index (χ2n) is 3.91. The zero-order valence-electron chi connectivity index (χ0n) is 9.09. The maximum Gasteiger partial charge on any atom is 0.0804 e. The van der Waals surface area contributed by atoms with E-state index in [-0.39, 0.29) is 11.7 Å². The first-order chi connectivity index (χ1) is 6.52. The van der Waals surface area contributed by atoms with Gasteiger partial charge in [0.15, 0.2) is 0 Å². The van der Waals surface area contributed by atoms with Gasteiger partial charge in [0.2, 0.25) is 0 Å². The molecular formula is C9H20INO2S. The largest absolute Gasteiger partial charge is 0.378 e. The maximum absolute atomic E-state index is 5.59. The highest BCUT2D eigenvalue weighted by atomic mass is 127. The van der Waals surface area contributed by atoms with Crippen molar-refractivity contribution >= 4 is 30.4 Å². The fraction of sp³-hybridized carbons (Fsp3) is 1.00. The lowest BCUT2D eigenvalue weighted by Gasteiger charge is -2.23. The van der Waals surface area contributed by atoms with E-state index in [1.54, 1.807) is 0 Å². The highest BCUT2D eigenvalue weighted by Crippen LogP contribution is 2.25. The van der Waals surface area contributed by atoms with E-state index >= 15 is 0 Å². The summed E-state index contributed by atoms with van der Waals surface area (Å²) in [7, 11) is 1.37. The van der Waals surface area contributed by atoms with Gasteiger partial charge in [0.25, 0.3) is 0 Å². The van der Waals surface area contributed by atoms with Gasteiger partial charge in [0.05, 0.1) is 20.9 Å². The minimum Gasteiger partial charge on any atom is -0.378 e. The van der Waals surface area contributed by atoms with Gasteiger partial charge in [-0.05, 0) is 33.7 Å². The Balaban J connectivity index is 3.51. The highest BCUT2D eigenvalue weighted by Gasteiger charge is 2.18. The molecule has 0 aliphatic carbocycles. The molecule has 1 atom stereocenters. The van der Waals surface area contributed by atoms with E-state index in [9.17, 15) is 0 Å². The summed E-state index contributed by atoms with van der Waals surface area (Å²) in [5, 5.41) is 0. The van der Waals surface area contributed by atoms with Crippen molar-refractivity contribution in [1.82, 2.24) is 0 Å². The zero-order valence-corrected chi connectivity index (χ0v) is 12.1. The van der Waals surface area contributed by atoms with Gasteiger partial charge < -0.3 is 10.5 Å². The van der Waals surface area contributed by atoms with Gasteiger partial charge in [0, 0.05) is 34.2 Å². The topological polar surface area (TPSA) is 44.5 Å². The molecule has 0 heterocycles. The van der Waals surface area contributed by atoms with Gasteiger partial charge in [-0.3, -0.25) is 4.18 Å². The summed E-state index contributed by atoms with van der Waals surface area (Å²) in [5.41, 5.74) is 5.31. The molecule has 0 aromatic rings. The molecule has 0 radical (unpaired) electrons. The average Bonchev–Trinajstić information content (AvgIpc) is 2.03. The van der Waals surface area contributed by atoms with Crippen LogP contribution in [0.1, 0.15) is 33.6 Å². The van der Waals surface area contributed by atoms with E-state index < -0.39 is 0 Å². The Hall–Kier alpha value is 0.960. The van der Waals surface area contributed by atoms with Crippen LogP contribution in [-0.2, 0) is 8.92 Å². The Morgan fingerprint density at radius 3 is 2.64 bits per heavy atom. The number of rotatable bonds is 8. The van der Waals surface area contributed by atoms with E-state index in [0.29, 0.717) is 6.54 Å². The van der Waals surface area contributed by atoms with E-state index in [0.717, 1.165) is 19.4 Å². The first kappa shape index (κ1) is 15.0. The molecule has 0 amide bonds. The van der Waals surface area contributed by atoms with E-state index in [4.69, 9.17) is 14.7 Å². The predicted molar refractivity (Wildman–Crippen MR) is 70.5 cm³/mol. The molecule has 0 aromatic heterocycles. The molecule has 0 fully saturated rings. The second-order valence-corrected chi connectivity index (χ2v) is 5.29. The molecule has 0 aliphatic rings. The summed E-state index contributed by atoms with van der Waals surface area (Å²) in [6.07, 6.45) is 2.07. The molecule has 0 rings (SSSR count). The van der Waals surface area contributed by atoms with Crippen LogP contribution < -0.4 is 5.73 Å². The predicted octanol–water partition coefficient (Wildman–Crippen LogP) is 2.92. The van der Waals surface area contributed by atoms with Crippen molar-refractivity contribution in [2.45, 2.75) is 45.3 Å². The molecule has 2 N–H and O–H groups in total. The smallest absolute Gasteiger partial charge is 0.0804 e. The van der Waals surface area contributed by atoms with Crippen molar-refractivity contribution in [2.24, 2.45) is 5.73 Å². The Morgan fingerprint density at radius 1 is 1.50 bits per heavy atom. The summed E-state index contributed by atoms with van der Waals surface area (Å²) >= 11 is 2.13. The zero-order chi connectivity index (χ0) is 11.0. The van der Waals surface area contributed by atoms with Crippen LogP contribution in [0.3, 0.4) is 0 Å². The van der Waals surface area contributed by atoms with Crippen molar-refractivity contribution in [3.63, 3.8) is 0 Å². The summed E-state index contributed by atoms with van der Waals surface area (Å²) in [5.74, 6) is 0. The molecule has 5 heteroatoms. The van der Waals surface area contributed by atoms with Gasteiger partial charge in [-0.25, -0.2) is 0 Å². The van der Waals surface area contributed by atoms with Gasteiger partial charge in [-0.15, -0.1) is 0 Å². The highest BCUT2D eigenvalue weighted by molar-refractivity contribution is 14.2. The molecule has 1 unspecified atom stereocenters. The van der Waals surface area contributed by atoms with Crippen LogP contribution in [0.2, 0.25) is 0 Å². The normalized spacial score (nSPS) is 14.4. The standard InChI is InChI=1S/C9H20INO2S/c1-8(4-6-11)12-7-5-9(2,3)13-14-10/h8H,4-7,11H2,1-3H3. The van der Waals surface area contributed by atoms with Crippen molar-refractivity contribution in [3.8, 4) is 0 Å². The molecule has 0 spiro atoms. The molecule has 86 valence electrons. The number of hydrogen-bond donors (Lipinski definition) is 1. The van der Waals surface area contributed by atoms with Crippen LogP contribution in [0.4, 0.5) is 0 Å². The average molecular weight is 333 g/mol. The fourth-order valence-electron chi connectivity index (χ4n) is 0.951. The Morgan fingerprint density at radius 2 is 2.14 bits per heavy atom. The van der Waals surface area contributed by atoms with Gasteiger partial charge in [-0.1, -0.05) is 0 Å². The van der Waals surface area contributed by atoms with E-state index in [1.165, 1.54) is 9.21 Å². The lowest BCUT2D eigenvalue weighted by Crippen LogP contribution is -2.25. The van der Waals surface area contributed by atoms with Crippen molar-refractivity contribution in [2.75, 3.05) is 13.2 Å². The molecular weight excluding hydrogens is 313 g/mol. The third-order valence-electron chi connectivity index (χ3n) is 1.94. The van der Waals surface area contributed by atoms with Crippen LogP contribution in [0.5, 0.6) is 0 Å². The SMILES string of the molecule is CC(CCN)OCCC(C)(C)OSI. The number of hydrogen-bond acceptors (Lipinski definition) is 4. The molecule has 14 heavy (non-hydrogen) atoms. The molecule has 3 nitrogen and oxygen atoms in total. The van der Waals surface area contributed by atoms with Crippen LogP contribution in [0, 0.1) is 0 Å². The molecule has 0 aromatic carbocycles. The van der Waals surface area contributed by atoms with Crippen molar-refractivity contribution in [1.29, 1.82) is 0 Å². The Labute approximate surface area is 103 Å². The van der Waals surface area contributed by atoms with Gasteiger partial charge in [-0.2, -0.15) is 0 Å². The first-order valence-corrected chi connectivity index (χ1v) is 8.08. The fourth-order valence-corrected chi connectivity index (χ4v) is 2.66. The third-order valence-corrected chi connectivity index (χ3v) is 2.99. The maximum atomic E-state index is 5.59. The second kappa shape index (κ2) is 8.15. The van der Waals surface area contributed by atoms with E-state index in [2.05, 4.69) is 35.1 Å². The third kappa shape index (κ3) is 8.28. The van der Waals surface area contributed by atoms with Crippen molar-refractivity contribution < 1.29 is 8.92 Å². The molecule has 0 saturated carbocycles. The summed E-state index contributed by atoms with van der Waals surface area (Å²) in [6, 6.07) is 0. The Bertz CT molecular complexity index is 147. The number of nitrogens with two attached hydrogens (primary N) is 1. The summed E-state index contributed by atoms with van der Waals surface area (Å²) < 4.78 is 11.1. The lowest BCUT2D eigenvalue weighted by molar-refractivity contribution is 0.0227. The summed E-state index contributed by atoms with van der Waals surface area (Å²) in [4.78, 5) is 0. The van der Waals surface area contributed by atoms with E-state index in [1.807, 2.05) is 6.92 Å². The minimum atomic E-state index is -0.117. The van der Waals surface area contributed by atoms with Crippen LogP contribution in [0.15, 0.2) is 0 Å². The van der Waals surface area contributed by atoms with Crippen LogP contribution in [0.25, 0.3) is 0 Å². The minimum absolute atomic E-state index is 0.117. The Kier molecular flexibility index (Phi) is 8.71. The number of halogens is 1. The molecule has 0 aliphatic heterocycles. The summed E-state index contributed by atoms with van der Waals surface area (Å²) in [6.45, 7) is 7.59. The first-order valence-electron chi connectivity index (χ1n) is 4.80. The lowest BCUT2D eigenvalue weighted by atomic mass is 10.1. The van der Waals surface area contributed by atoms with Gasteiger partial charge >= 0.3 is 0 Å². The number of ether oxygens (including phenoxy) is 1. The molecule has 0 bridgehead atoms. The monoisotopic (exact) mass is 333 g/mol.